The number of carbonyl (C=O) groups excluding carboxylic acids is 2. The first kappa shape index (κ1) is 22.0. The summed E-state index contributed by atoms with van der Waals surface area (Å²) in [6, 6.07) is 4.22. The summed E-state index contributed by atoms with van der Waals surface area (Å²) in [5.41, 5.74) is 1.20. The van der Waals surface area contributed by atoms with Crippen molar-refractivity contribution >= 4 is 22.9 Å². The maximum atomic E-state index is 14.4. The number of cyclic esters (lactones) is 1. The average Bonchev–Trinajstić information content (AvgIpc) is 3.19. The first-order valence-corrected chi connectivity index (χ1v) is 10.9. The molecular formula is C24H23FN4O5. The number of urea groups is 1. The number of carbonyl (C=O) groups is 2. The van der Waals surface area contributed by atoms with Crippen LogP contribution in [0.25, 0.3) is 22.3 Å². The maximum absolute atomic E-state index is 14.4. The number of hydrogen-bond donors (Lipinski definition) is 3. The smallest absolute Gasteiger partial charge is 0.343 e. The number of benzene rings is 1. The first-order chi connectivity index (χ1) is 16.2. The lowest BCUT2D eigenvalue weighted by Gasteiger charge is -2.31. The van der Waals surface area contributed by atoms with E-state index in [4.69, 9.17) is 4.74 Å². The van der Waals surface area contributed by atoms with Gasteiger partial charge in [-0.2, -0.15) is 0 Å². The van der Waals surface area contributed by atoms with Gasteiger partial charge < -0.3 is 25.0 Å². The Kier molecular flexibility index (Phi) is 4.94. The van der Waals surface area contributed by atoms with Crippen LogP contribution in [0.2, 0.25) is 0 Å². The molecule has 9 nitrogen and oxygen atoms in total. The van der Waals surface area contributed by atoms with Crippen LogP contribution in [0, 0.1) is 12.7 Å². The fourth-order valence-corrected chi connectivity index (χ4v) is 4.75. The molecule has 0 radical (unpaired) electrons. The number of esters is 1. The maximum Gasteiger partial charge on any atom is 0.343 e. The van der Waals surface area contributed by atoms with Crippen molar-refractivity contribution in [2.45, 2.75) is 45.6 Å². The van der Waals surface area contributed by atoms with E-state index in [0.29, 0.717) is 39.0 Å². The molecule has 3 aromatic rings. The number of amides is 2. The van der Waals surface area contributed by atoms with E-state index in [2.05, 4.69) is 15.6 Å². The fraction of sp³-hybridized carbons (Fsp3) is 0.333. The summed E-state index contributed by atoms with van der Waals surface area (Å²) < 4.78 is 21.0. The van der Waals surface area contributed by atoms with E-state index in [-0.39, 0.29) is 48.8 Å². The van der Waals surface area contributed by atoms with E-state index in [0.717, 1.165) is 0 Å². The van der Waals surface area contributed by atoms with Crippen LogP contribution in [0.3, 0.4) is 0 Å². The third-order valence-corrected chi connectivity index (χ3v) is 6.74. The van der Waals surface area contributed by atoms with Crippen LogP contribution < -0.4 is 16.2 Å². The molecule has 2 amide bonds. The standard InChI is InChI=1S/C24H23FN4O5/c1-4-24(33)16-6-19-20-14(9-29(19)21(30)15(16)10-34-22(24)31)13(8-27-23(32)26-3)12-5-11(2)17(25)7-18(12)28-20/h5-7,33H,4,8-10H2,1-3H3,(H2,26,27,32)/t24-/m0/s1. The molecule has 3 N–H and O–H groups in total. The molecule has 10 heteroatoms. The number of ether oxygens (including phenoxy) is 1. The minimum Gasteiger partial charge on any atom is -0.458 e. The predicted octanol–water partition coefficient (Wildman–Crippen LogP) is 1.96. The van der Waals surface area contributed by atoms with E-state index >= 15 is 0 Å². The Hall–Kier alpha value is -3.79. The molecule has 34 heavy (non-hydrogen) atoms. The van der Waals surface area contributed by atoms with Crippen LogP contribution in [-0.4, -0.2) is 33.7 Å². The number of hydrogen-bond acceptors (Lipinski definition) is 6. The summed E-state index contributed by atoms with van der Waals surface area (Å²) in [6.07, 6.45) is 0.0333. The molecule has 1 aromatic carbocycles. The van der Waals surface area contributed by atoms with Gasteiger partial charge >= 0.3 is 12.0 Å². The molecule has 0 saturated carbocycles. The number of pyridine rings is 2. The molecule has 0 aliphatic carbocycles. The zero-order valence-corrected chi connectivity index (χ0v) is 18.9. The number of aromatic nitrogens is 2. The fourth-order valence-electron chi connectivity index (χ4n) is 4.75. The second-order valence-electron chi connectivity index (χ2n) is 8.57. The molecular weight excluding hydrogens is 443 g/mol. The van der Waals surface area contributed by atoms with Gasteiger partial charge in [-0.05, 0) is 36.6 Å². The molecule has 2 aromatic heterocycles. The van der Waals surface area contributed by atoms with E-state index in [1.807, 2.05) is 0 Å². The molecule has 0 unspecified atom stereocenters. The Labute approximate surface area is 193 Å². The molecule has 0 fully saturated rings. The first-order valence-electron chi connectivity index (χ1n) is 10.9. The molecule has 0 saturated heterocycles. The van der Waals surface area contributed by atoms with Gasteiger partial charge in [0.2, 0.25) is 0 Å². The van der Waals surface area contributed by atoms with Crippen LogP contribution in [0.4, 0.5) is 9.18 Å². The lowest BCUT2D eigenvalue weighted by molar-refractivity contribution is -0.172. The largest absolute Gasteiger partial charge is 0.458 e. The quantitative estimate of drug-likeness (QED) is 0.397. The van der Waals surface area contributed by atoms with Gasteiger partial charge in [-0.3, -0.25) is 4.79 Å². The van der Waals surface area contributed by atoms with Gasteiger partial charge in [0, 0.05) is 36.2 Å². The van der Waals surface area contributed by atoms with Crippen molar-refractivity contribution in [1.82, 2.24) is 20.2 Å². The van der Waals surface area contributed by atoms with Crippen LogP contribution in [0.1, 0.15) is 41.2 Å². The van der Waals surface area contributed by atoms with Crippen molar-refractivity contribution in [3.63, 3.8) is 0 Å². The summed E-state index contributed by atoms with van der Waals surface area (Å²) in [7, 11) is 1.50. The number of aliphatic hydroxyl groups is 1. The monoisotopic (exact) mass is 466 g/mol. The minimum atomic E-state index is -1.94. The molecule has 4 heterocycles. The van der Waals surface area contributed by atoms with Gasteiger partial charge in [-0.1, -0.05) is 6.92 Å². The van der Waals surface area contributed by atoms with E-state index in [1.54, 1.807) is 26.0 Å². The van der Waals surface area contributed by atoms with Crippen molar-refractivity contribution < 1.29 is 23.8 Å². The van der Waals surface area contributed by atoms with Crippen LogP contribution in [0.15, 0.2) is 23.0 Å². The van der Waals surface area contributed by atoms with Crippen LogP contribution >= 0.6 is 0 Å². The Bertz CT molecular complexity index is 1460. The highest BCUT2D eigenvalue weighted by Crippen LogP contribution is 2.40. The number of halogens is 1. The Balaban J connectivity index is 1.78. The Morgan fingerprint density at radius 3 is 2.76 bits per heavy atom. The Morgan fingerprint density at radius 1 is 1.29 bits per heavy atom. The van der Waals surface area contributed by atoms with Gasteiger partial charge in [0.1, 0.15) is 12.4 Å². The zero-order chi connectivity index (χ0) is 24.4. The molecule has 5 rings (SSSR count). The topological polar surface area (TPSA) is 123 Å². The molecule has 0 bridgehead atoms. The number of rotatable bonds is 3. The van der Waals surface area contributed by atoms with Crippen molar-refractivity contribution in [1.29, 1.82) is 0 Å². The molecule has 176 valence electrons. The summed E-state index contributed by atoms with van der Waals surface area (Å²) in [6.45, 7) is 3.37. The summed E-state index contributed by atoms with van der Waals surface area (Å²) in [5.74, 6) is -1.22. The predicted molar refractivity (Wildman–Crippen MR) is 121 cm³/mol. The van der Waals surface area contributed by atoms with E-state index in [9.17, 15) is 23.9 Å². The van der Waals surface area contributed by atoms with Crippen molar-refractivity contribution in [2.75, 3.05) is 7.05 Å². The van der Waals surface area contributed by atoms with Crippen LogP contribution in [0.5, 0.6) is 0 Å². The highest BCUT2D eigenvalue weighted by atomic mass is 19.1. The Morgan fingerprint density at radius 2 is 2.06 bits per heavy atom. The third-order valence-electron chi connectivity index (χ3n) is 6.74. The third kappa shape index (κ3) is 3.02. The number of fused-ring (bicyclic) bond motifs is 5. The molecule has 1 atom stereocenters. The lowest BCUT2D eigenvalue weighted by atomic mass is 9.86. The van der Waals surface area contributed by atoms with Gasteiger partial charge in [0.25, 0.3) is 5.56 Å². The van der Waals surface area contributed by atoms with Gasteiger partial charge in [0.05, 0.1) is 29.0 Å². The summed E-state index contributed by atoms with van der Waals surface area (Å²) in [4.78, 5) is 42.3. The number of nitrogens with zero attached hydrogens (tertiary/aromatic N) is 2. The van der Waals surface area contributed by atoms with E-state index < -0.39 is 17.4 Å². The van der Waals surface area contributed by atoms with Gasteiger partial charge in [-0.25, -0.2) is 19.0 Å². The second kappa shape index (κ2) is 7.63. The van der Waals surface area contributed by atoms with Crippen molar-refractivity contribution in [3.8, 4) is 11.4 Å². The zero-order valence-electron chi connectivity index (χ0n) is 18.9. The van der Waals surface area contributed by atoms with Crippen molar-refractivity contribution in [2.24, 2.45) is 0 Å². The number of nitrogens with one attached hydrogen (secondary N) is 2. The average molecular weight is 466 g/mol. The normalized spacial score (nSPS) is 18.2. The van der Waals surface area contributed by atoms with Crippen molar-refractivity contribution in [3.05, 3.63) is 62.2 Å². The second-order valence-corrected chi connectivity index (χ2v) is 8.57. The minimum absolute atomic E-state index is 0.0333. The number of aryl methyl sites for hydroxylation is 1. The lowest BCUT2D eigenvalue weighted by Crippen LogP contribution is -2.44. The molecule has 2 aliphatic heterocycles. The van der Waals surface area contributed by atoms with E-state index in [1.165, 1.54) is 17.7 Å². The summed E-state index contributed by atoms with van der Waals surface area (Å²) in [5, 5.41) is 17.0. The highest BCUT2D eigenvalue weighted by molar-refractivity contribution is 5.90. The summed E-state index contributed by atoms with van der Waals surface area (Å²) >= 11 is 0. The van der Waals surface area contributed by atoms with Crippen LogP contribution in [-0.2, 0) is 34.8 Å². The molecule has 0 spiro atoms. The van der Waals surface area contributed by atoms with Gasteiger partial charge in [0.15, 0.2) is 5.60 Å². The van der Waals surface area contributed by atoms with Gasteiger partial charge in [-0.15, -0.1) is 0 Å². The SMILES string of the molecule is CC[C@@]1(O)C(=O)OCc2c1cc1n(c2=O)Cc2c-1nc1cc(F)c(C)cc1c2CNC(=O)NC. The molecule has 2 aliphatic rings. The highest BCUT2D eigenvalue weighted by Gasteiger charge is 2.45.